The molecule has 0 aromatic heterocycles. The molecule has 2 aromatic rings. The number of ether oxygens (including phenoxy) is 1. The molecule has 0 saturated heterocycles. The van der Waals surface area contributed by atoms with Crippen LogP contribution in [0, 0.1) is 5.82 Å². The molecule has 2 rings (SSSR count). The summed E-state index contributed by atoms with van der Waals surface area (Å²) >= 11 is 0. The predicted octanol–water partition coefficient (Wildman–Crippen LogP) is 2.70. The van der Waals surface area contributed by atoms with Crippen LogP contribution in [0.2, 0.25) is 0 Å². The number of halogens is 1. The van der Waals surface area contributed by atoms with Crippen molar-refractivity contribution in [3.8, 4) is 5.75 Å². The molecule has 0 fully saturated rings. The van der Waals surface area contributed by atoms with Gasteiger partial charge in [-0.1, -0.05) is 12.1 Å². The molecule has 0 bridgehead atoms. The zero-order chi connectivity index (χ0) is 15.9. The fourth-order valence-electron chi connectivity index (χ4n) is 1.71. The molecule has 5 heteroatoms. The van der Waals surface area contributed by atoms with E-state index in [4.69, 9.17) is 10.5 Å². The number of aliphatic imine (C=N–C) groups is 1. The highest BCUT2D eigenvalue weighted by molar-refractivity contribution is 5.85. The fraction of sp³-hybridized carbons (Fsp3) is 0.176. The predicted molar refractivity (Wildman–Crippen MR) is 83.4 cm³/mol. The number of nitrogens with two attached hydrogens (primary N) is 1. The molecule has 4 nitrogen and oxygen atoms in total. The van der Waals surface area contributed by atoms with E-state index in [9.17, 15) is 9.18 Å². The summed E-state index contributed by atoms with van der Waals surface area (Å²) in [7, 11) is 0. The van der Waals surface area contributed by atoms with E-state index in [-0.39, 0.29) is 5.82 Å². The molecule has 0 aliphatic carbocycles. The molecule has 2 aromatic carbocycles. The SMILES string of the molecule is C[C@H](N=Cc1ccc(OCc2cccc(F)c2)cc1)C(N)=O. The van der Waals surface area contributed by atoms with E-state index in [1.54, 1.807) is 37.4 Å². The second-order valence-electron chi connectivity index (χ2n) is 4.84. The quantitative estimate of drug-likeness (QED) is 0.834. The molecule has 22 heavy (non-hydrogen) atoms. The molecule has 0 unspecified atom stereocenters. The Hall–Kier alpha value is -2.69. The van der Waals surface area contributed by atoms with E-state index in [1.165, 1.54) is 12.1 Å². The van der Waals surface area contributed by atoms with E-state index in [1.807, 2.05) is 12.1 Å². The van der Waals surface area contributed by atoms with Crippen LogP contribution >= 0.6 is 0 Å². The number of rotatable bonds is 6. The lowest BCUT2D eigenvalue weighted by Gasteiger charge is -2.06. The highest BCUT2D eigenvalue weighted by atomic mass is 19.1. The Morgan fingerprint density at radius 3 is 2.68 bits per heavy atom. The third kappa shape index (κ3) is 4.70. The molecule has 0 aliphatic rings. The first-order valence-electron chi connectivity index (χ1n) is 6.84. The van der Waals surface area contributed by atoms with Gasteiger partial charge in [0.15, 0.2) is 0 Å². The molecular weight excluding hydrogens is 283 g/mol. The topological polar surface area (TPSA) is 64.7 Å². The summed E-state index contributed by atoms with van der Waals surface area (Å²) in [6.07, 6.45) is 1.59. The highest BCUT2D eigenvalue weighted by Gasteiger charge is 2.04. The molecule has 114 valence electrons. The Morgan fingerprint density at radius 1 is 1.32 bits per heavy atom. The van der Waals surface area contributed by atoms with Gasteiger partial charge in [0.1, 0.15) is 24.2 Å². The van der Waals surface area contributed by atoms with Crippen LogP contribution in [-0.2, 0) is 11.4 Å². The molecule has 0 heterocycles. The summed E-state index contributed by atoms with van der Waals surface area (Å²) in [6.45, 7) is 1.93. The Labute approximate surface area is 128 Å². The van der Waals surface area contributed by atoms with Gasteiger partial charge in [0.05, 0.1) is 0 Å². The van der Waals surface area contributed by atoms with Crippen molar-refractivity contribution in [1.29, 1.82) is 0 Å². The van der Waals surface area contributed by atoms with Crippen molar-refractivity contribution in [1.82, 2.24) is 0 Å². The maximum atomic E-state index is 13.0. The molecule has 0 saturated carbocycles. The first-order valence-corrected chi connectivity index (χ1v) is 6.84. The van der Waals surface area contributed by atoms with Crippen LogP contribution in [0.15, 0.2) is 53.5 Å². The van der Waals surface area contributed by atoms with Gasteiger partial charge in [0.2, 0.25) is 5.91 Å². The van der Waals surface area contributed by atoms with Gasteiger partial charge in [-0.25, -0.2) is 4.39 Å². The van der Waals surface area contributed by atoms with E-state index < -0.39 is 11.9 Å². The smallest absolute Gasteiger partial charge is 0.241 e. The zero-order valence-electron chi connectivity index (χ0n) is 12.2. The minimum absolute atomic E-state index is 0.281. The summed E-state index contributed by atoms with van der Waals surface area (Å²) in [5.74, 6) is -0.0770. The second kappa shape index (κ2) is 7.36. The number of hydrogen-bond acceptors (Lipinski definition) is 3. The Balaban J connectivity index is 1.93. The lowest BCUT2D eigenvalue weighted by Crippen LogP contribution is -2.23. The third-order valence-corrected chi connectivity index (χ3v) is 3.03. The van der Waals surface area contributed by atoms with Gasteiger partial charge in [-0.3, -0.25) is 9.79 Å². The zero-order valence-corrected chi connectivity index (χ0v) is 12.2. The van der Waals surface area contributed by atoms with Crippen LogP contribution in [0.5, 0.6) is 5.75 Å². The van der Waals surface area contributed by atoms with Crippen LogP contribution in [0.4, 0.5) is 4.39 Å². The maximum Gasteiger partial charge on any atom is 0.241 e. The summed E-state index contributed by atoms with van der Waals surface area (Å²) in [4.78, 5) is 14.9. The van der Waals surface area contributed by atoms with Gasteiger partial charge in [-0.05, 0) is 54.4 Å². The van der Waals surface area contributed by atoms with Gasteiger partial charge in [-0.15, -0.1) is 0 Å². The van der Waals surface area contributed by atoms with Crippen LogP contribution in [0.3, 0.4) is 0 Å². The van der Waals surface area contributed by atoms with Gasteiger partial charge >= 0.3 is 0 Å². The minimum Gasteiger partial charge on any atom is -0.489 e. The van der Waals surface area contributed by atoms with Crippen molar-refractivity contribution in [2.75, 3.05) is 0 Å². The van der Waals surface area contributed by atoms with Crippen LogP contribution in [-0.4, -0.2) is 18.2 Å². The van der Waals surface area contributed by atoms with Crippen LogP contribution < -0.4 is 10.5 Å². The van der Waals surface area contributed by atoms with Crippen molar-refractivity contribution in [3.63, 3.8) is 0 Å². The summed E-state index contributed by atoms with van der Waals surface area (Å²) in [6, 6.07) is 12.9. The summed E-state index contributed by atoms with van der Waals surface area (Å²) in [5, 5.41) is 0. The number of hydrogen-bond donors (Lipinski definition) is 1. The lowest BCUT2D eigenvalue weighted by atomic mass is 10.2. The van der Waals surface area contributed by atoms with Crippen LogP contribution in [0.25, 0.3) is 0 Å². The number of primary amides is 1. The van der Waals surface area contributed by atoms with Gasteiger partial charge in [0.25, 0.3) is 0 Å². The maximum absolute atomic E-state index is 13.0. The number of nitrogens with zero attached hydrogens (tertiary/aromatic N) is 1. The van der Waals surface area contributed by atoms with Crippen molar-refractivity contribution >= 4 is 12.1 Å². The van der Waals surface area contributed by atoms with Gasteiger partial charge in [0, 0.05) is 6.21 Å². The Kier molecular flexibility index (Phi) is 5.25. The van der Waals surface area contributed by atoms with E-state index in [0.29, 0.717) is 12.4 Å². The lowest BCUT2D eigenvalue weighted by molar-refractivity contribution is -0.118. The molecule has 1 amide bonds. The fourth-order valence-corrected chi connectivity index (χ4v) is 1.71. The standard InChI is InChI=1S/C17H17FN2O2/c1-12(17(19)21)20-10-13-5-7-16(8-6-13)22-11-14-3-2-4-15(18)9-14/h2-10,12H,11H2,1H3,(H2,19,21)/t12-/m0/s1. The van der Waals surface area contributed by atoms with Crippen molar-refractivity contribution in [3.05, 3.63) is 65.5 Å². The monoisotopic (exact) mass is 300 g/mol. The Bertz CT molecular complexity index is 669. The highest BCUT2D eigenvalue weighted by Crippen LogP contribution is 2.14. The van der Waals surface area contributed by atoms with Crippen molar-refractivity contribution in [2.24, 2.45) is 10.7 Å². The molecular formula is C17H17FN2O2. The van der Waals surface area contributed by atoms with E-state index >= 15 is 0 Å². The van der Waals surface area contributed by atoms with Crippen molar-refractivity contribution < 1.29 is 13.9 Å². The number of benzene rings is 2. The van der Waals surface area contributed by atoms with E-state index in [0.717, 1.165) is 11.1 Å². The van der Waals surface area contributed by atoms with Crippen LogP contribution in [0.1, 0.15) is 18.1 Å². The number of carbonyl (C=O) groups excluding carboxylic acids is 1. The molecule has 0 radical (unpaired) electrons. The first-order chi connectivity index (χ1) is 10.5. The largest absolute Gasteiger partial charge is 0.489 e. The summed E-state index contributed by atoms with van der Waals surface area (Å²) in [5.41, 5.74) is 6.73. The van der Waals surface area contributed by atoms with E-state index in [2.05, 4.69) is 4.99 Å². The normalized spacial score (nSPS) is 12.3. The molecule has 0 spiro atoms. The third-order valence-electron chi connectivity index (χ3n) is 3.03. The molecule has 1 atom stereocenters. The average Bonchev–Trinajstić information content (AvgIpc) is 2.51. The Morgan fingerprint density at radius 2 is 2.05 bits per heavy atom. The average molecular weight is 300 g/mol. The van der Waals surface area contributed by atoms with Gasteiger partial charge in [-0.2, -0.15) is 0 Å². The second-order valence-corrected chi connectivity index (χ2v) is 4.84. The van der Waals surface area contributed by atoms with Gasteiger partial charge < -0.3 is 10.5 Å². The minimum atomic E-state index is -0.552. The molecule has 0 aliphatic heterocycles. The number of amides is 1. The first kappa shape index (κ1) is 15.7. The number of carbonyl (C=O) groups is 1. The molecule has 2 N–H and O–H groups in total. The van der Waals surface area contributed by atoms with Crippen molar-refractivity contribution in [2.45, 2.75) is 19.6 Å². The summed E-state index contributed by atoms with van der Waals surface area (Å²) < 4.78 is 18.6.